The molecule has 1 aliphatic heterocycles. The van der Waals surface area contributed by atoms with Crippen molar-refractivity contribution in [2.45, 2.75) is 40.0 Å². The summed E-state index contributed by atoms with van der Waals surface area (Å²) in [5, 5.41) is 3.02. The molecule has 6 heteroatoms. The van der Waals surface area contributed by atoms with Crippen molar-refractivity contribution in [3.8, 4) is 0 Å². The van der Waals surface area contributed by atoms with E-state index in [1.54, 1.807) is 0 Å². The number of piperidine rings is 1. The number of nitrogens with two attached hydrogens (primary N) is 1. The Morgan fingerprint density at radius 1 is 1.24 bits per heavy atom. The molecule has 25 heavy (non-hydrogen) atoms. The minimum Gasteiger partial charge on any atom is -0.399 e. The normalized spacial score (nSPS) is 17.6. The van der Waals surface area contributed by atoms with E-state index in [0.29, 0.717) is 24.6 Å². The number of nitrogens with zero attached hydrogens (tertiary/aromatic N) is 1. The van der Waals surface area contributed by atoms with Crippen molar-refractivity contribution in [1.82, 2.24) is 10.2 Å². The number of likely N-dealkylation sites (tertiary alicyclic amines) is 1. The first-order valence-electron chi connectivity index (χ1n) is 8.66. The quantitative estimate of drug-likeness (QED) is 0.803. The zero-order valence-electron chi connectivity index (χ0n) is 15.4. The molecule has 1 aliphatic rings. The van der Waals surface area contributed by atoms with Crippen LogP contribution in [0.25, 0.3) is 0 Å². The summed E-state index contributed by atoms with van der Waals surface area (Å²) in [5.41, 5.74) is 6.99. The smallest absolute Gasteiger partial charge is 0.226 e. The highest BCUT2D eigenvalue weighted by Gasteiger charge is 2.26. The first-order valence-corrected chi connectivity index (χ1v) is 8.66. The van der Waals surface area contributed by atoms with Crippen LogP contribution in [0.5, 0.6) is 0 Å². The molecule has 0 saturated carbocycles. The van der Waals surface area contributed by atoms with Crippen LogP contribution in [-0.4, -0.2) is 36.3 Å². The number of nitrogens with one attached hydrogen (secondary N) is 1. The van der Waals surface area contributed by atoms with Gasteiger partial charge >= 0.3 is 0 Å². The lowest BCUT2D eigenvalue weighted by atomic mass is 9.94. The van der Waals surface area contributed by atoms with Gasteiger partial charge < -0.3 is 16.0 Å². The molecule has 1 fully saturated rings. The Morgan fingerprint density at radius 3 is 2.48 bits per heavy atom. The van der Waals surface area contributed by atoms with Gasteiger partial charge in [0.15, 0.2) is 0 Å². The van der Waals surface area contributed by atoms with Crippen LogP contribution >= 0.6 is 12.4 Å². The van der Waals surface area contributed by atoms with Crippen molar-refractivity contribution in [1.29, 1.82) is 0 Å². The number of anilines is 1. The molecule has 1 unspecified atom stereocenters. The van der Waals surface area contributed by atoms with E-state index in [4.69, 9.17) is 5.73 Å². The number of hydrogen-bond acceptors (Lipinski definition) is 3. The van der Waals surface area contributed by atoms with Gasteiger partial charge in [-0.15, -0.1) is 12.4 Å². The molecule has 2 rings (SSSR count). The van der Waals surface area contributed by atoms with Gasteiger partial charge in [-0.05, 0) is 36.5 Å². The van der Waals surface area contributed by atoms with Gasteiger partial charge in [-0.3, -0.25) is 9.59 Å². The molecule has 140 valence electrons. The fourth-order valence-corrected chi connectivity index (χ4v) is 2.88. The van der Waals surface area contributed by atoms with Crippen LogP contribution in [0.4, 0.5) is 5.69 Å². The number of carbonyl (C=O) groups excluding carboxylic acids is 2. The summed E-state index contributed by atoms with van der Waals surface area (Å²) in [6.07, 6.45) is 2.45. The van der Waals surface area contributed by atoms with Crippen molar-refractivity contribution < 1.29 is 9.59 Å². The van der Waals surface area contributed by atoms with Crippen LogP contribution in [0, 0.1) is 11.3 Å². The predicted molar refractivity (Wildman–Crippen MR) is 104 cm³/mol. The van der Waals surface area contributed by atoms with Crippen molar-refractivity contribution >= 4 is 29.9 Å². The number of halogens is 1. The molecule has 0 aromatic heterocycles. The Hall–Kier alpha value is -1.75. The van der Waals surface area contributed by atoms with E-state index in [-0.39, 0.29) is 29.6 Å². The molecule has 1 heterocycles. The van der Waals surface area contributed by atoms with Gasteiger partial charge in [-0.25, -0.2) is 0 Å². The lowest BCUT2D eigenvalue weighted by Gasteiger charge is -2.33. The molecule has 1 atom stereocenters. The molecule has 2 amide bonds. The number of rotatable bonds is 4. The maximum atomic E-state index is 12.5. The highest BCUT2D eigenvalue weighted by atomic mass is 35.5. The highest BCUT2D eigenvalue weighted by Crippen LogP contribution is 2.19. The third-order valence-electron chi connectivity index (χ3n) is 4.44. The zero-order valence-corrected chi connectivity index (χ0v) is 16.2. The second-order valence-electron chi connectivity index (χ2n) is 7.73. The van der Waals surface area contributed by atoms with Crippen LogP contribution in [0.15, 0.2) is 24.3 Å². The molecular weight excluding hydrogens is 338 g/mol. The SMILES string of the molecule is CC(C)(C)C(=O)NCC1CCCN(C(=O)Cc2ccc(N)cc2)C1.Cl. The van der Waals surface area contributed by atoms with E-state index in [9.17, 15) is 9.59 Å². The average Bonchev–Trinajstić information content (AvgIpc) is 2.54. The number of nitrogen functional groups attached to an aromatic ring is 1. The van der Waals surface area contributed by atoms with Gasteiger partial charge in [0.25, 0.3) is 0 Å². The van der Waals surface area contributed by atoms with Gasteiger partial charge in [0, 0.05) is 30.7 Å². The molecular formula is C19H30ClN3O2. The Morgan fingerprint density at radius 2 is 1.88 bits per heavy atom. The topological polar surface area (TPSA) is 75.4 Å². The van der Waals surface area contributed by atoms with Crippen LogP contribution < -0.4 is 11.1 Å². The van der Waals surface area contributed by atoms with Crippen LogP contribution in [-0.2, 0) is 16.0 Å². The summed E-state index contributed by atoms with van der Waals surface area (Å²) in [7, 11) is 0. The summed E-state index contributed by atoms with van der Waals surface area (Å²) in [5.74, 6) is 0.542. The Balaban J connectivity index is 0.00000312. The fraction of sp³-hybridized carbons (Fsp3) is 0.579. The number of amides is 2. The van der Waals surface area contributed by atoms with E-state index in [2.05, 4.69) is 5.32 Å². The van der Waals surface area contributed by atoms with Gasteiger partial charge in [0.2, 0.25) is 11.8 Å². The maximum Gasteiger partial charge on any atom is 0.226 e. The van der Waals surface area contributed by atoms with E-state index in [1.807, 2.05) is 49.9 Å². The van der Waals surface area contributed by atoms with Gasteiger partial charge in [0.1, 0.15) is 0 Å². The molecule has 5 nitrogen and oxygen atoms in total. The van der Waals surface area contributed by atoms with E-state index < -0.39 is 0 Å². The van der Waals surface area contributed by atoms with Crippen molar-refractivity contribution in [2.24, 2.45) is 11.3 Å². The van der Waals surface area contributed by atoms with Gasteiger partial charge in [-0.2, -0.15) is 0 Å². The maximum absolute atomic E-state index is 12.5. The van der Waals surface area contributed by atoms with Crippen LogP contribution in [0.3, 0.4) is 0 Å². The predicted octanol–water partition coefficient (Wildman–Crippen LogP) is 2.63. The fourth-order valence-electron chi connectivity index (χ4n) is 2.88. The molecule has 1 aromatic carbocycles. The Kier molecular flexibility index (Phi) is 7.74. The second-order valence-corrected chi connectivity index (χ2v) is 7.73. The molecule has 1 saturated heterocycles. The van der Waals surface area contributed by atoms with Gasteiger partial charge in [-0.1, -0.05) is 32.9 Å². The third-order valence-corrected chi connectivity index (χ3v) is 4.44. The molecule has 0 bridgehead atoms. The molecule has 0 spiro atoms. The summed E-state index contributed by atoms with van der Waals surface area (Å²) in [6.45, 7) is 7.89. The standard InChI is InChI=1S/C19H29N3O2.ClH/c1-19(2,3)18(24)21-12-15-5-4-10-22(13-15)17(23)11-14-6-8-16(20)9-7-14;/h6-9,15H,4-5,10-13,20H2,1-3H3,(H,21,24);1H. The second kappa shape index (κ2) is 9.09. The number of benzene rings is 1. The van der Waals surface area contributed by atoms with Crippen LogP contribution in [0.1, 0.15) is 39.2 Å². The van der Waals surface area contributed by atoms with Crippen molar-refractivity contribution in [2.75, 3.05) is 25.4 Å². The first kappa shape index (κ1) is 21.3. The average molecular weight is 368 g/mol. The number of carbonyl (C=O) groups is 2. The molecule has 0 aliphatic carbocycles. The van der Waals surface area contributed by atoms with Crippen molar-refractivity contribution in [3.63, 3.8) is 0 Å². The molecule has 1 aromatic rings. The van der Waals surface area contributed by atoms with Crippen molar-refractivity contribution in [3.05, 3.63) is 29.8 Å². The summed E-state index contributed by atoms with van der Waals surface area (Å²) in [6, 6.07) is 7.45. The summed E-state index contributed by atoms with van der Waals surface area (Å²) < 4.78 is 0. The minimum absolute atomic E-state index is 0. The zero-order chi connectivity index (χ0) is 17.7. The van der Waals surface area contributed by atoms with E-state index in [1.165, 1.54) is 0 Å². The molecule has 3 N–H and O–H groups in total. The van der Waals surface area contributed by atoms with E-state index >= 15 is 0 Å². The third kappa shape index (κ3) is 6.58. The summed E-state index contributed by atoms with van der Waals surface area (Å²) >= 11 is 0. The number of hydrogen-bond donors (Lipinski definition) is 2. The minimum atomic E-state index is -0.376. The summed E-state index contributed by atoms with van der Waals surface area (Å²) in [4.78, 5) is 26.4. The lowest BCUT2D eigenvalue weighted by molar-refractivity contribution is -0.132. The lowest BCUT2D eigenvalue weighted by Crippen LogP contribution is -2.45. The molecule has 0 radical (unpaired) electrons. The largest absolute Gasteiger partial charge is 0.399 e. The monoisotopic (exact) mass is 367 g/mol. The van der Waals surface area contributed by atoms with Crippen LogP contribution in [0.2, 0.25) is 0 Å². The Bertz CT molecular complexity index is 581. The van der Waals surface area contributed by atoms with Gasteiger partial charge in [0.05, 0.1) is 6.42 Å². The first-order chi connectivity index (χ1) is 11.3. The van der Waals surface area contributed by atoms with E-state index in [0.717, 1.165) is 31.5 Å². The Labute approximate surface area is 156 Å². The highest BCUT2D eigenvalue weighted by molar-refractivity contribution is 5.85.